The molecule has 0 saturated carbocycles. The van der Waals surface area contributed by atoms with Crippen LogP contribution in [0.2, 0.25) is 0 Å². The van der Waals surface area contributed by atoms with Gasteiger partial charge in [0.05, 0.1) is 0 Å². The number of allylic oxidation sites excluding steroid dienone is 1. The van der Waals surface area contributed by atoms with Gasteiger partial charge < -0.3 is 20.4 Å². The quantitative estimate of drug-likeness (QED) is 0.526. The van der Waals surface area contributed by atoms with Crippen molar-refractivity contribution in [1.29, 1.82) is 0 Å². The number of aryl methyl sites for hydroxylation is 2. The van der Waals surface area contributed by atoms with Crippen molar-refractivity contribution in [3.63, 3.8) is 0 Å². The van der Waals surface area contributed by atoms with Crippen LogP contribution in [0.3, 0.4) is 0 Å². The van der Waals surface area contributed by atoms with Gasteiger partial charge in [0, 0.05) is 35.5 Å². The molecule has 0 unspecified atom stereocenters. The predicted molar refractivity (Wildman–Crippen MR) is 93.0 cm³/mol. The summed E-state index contributed by atoms with van der Waals surface area (Å²) in [6.07, 6.45) is 6.91. The summed E-state index contributed by atoms with van der Waals surface area (Å²) in [4.78, 5) is 8.50. The summed E-state index contributed by atoms with van der Waals surface area (Å²) in [5, 5.41) is 15.8. The van der Waals surface area contributed by atoms with Crippen LogP contribution in [0, 0.1) is 13.8 Å². The molecule has 7 heteroatoms. The minimum atomic E-state index is 0. The first-order valence-electron chi connectivity index (χ1n) is 7.79. The van der Waals surface area contributed by atoms with Crippen molar-refractivity contribution in [1.82, 2.24) is 25.4 Å². The molecular formula is C18H18N6Pt. The topological polar surface area (TPSA) is 79.2 Å². The molecule has 1 aliphatic heterocycles. The van der Waals surface area contributed by atoms with Gasteiger partial charge in [0.2, 0.25) is 0 Å². The van der Waals surface area contributed by atoms with Gasteiger partial charge in [-0.1, -0.05) is 35.7 Å². The number of nitrogens with zero attached hydrogens (tertiary/aromatic N) is 6. The molecule has 0 atom stereocenters. The van der Waals surface area contributed by atoms with Gasteiger partial charge in [0.1, 0.15) is 0 Å². The van der Waals surface area contributed by atoms with Crippen LogP contribution >= 0.6 is 0 Å². The van der Waals surface area contributed by atoms with E-state index in [-0.39, 0.29) is 21.1 Å². The van der Waals surface area contributed by atoms with Gasteiger partial charge in [0.25, 0.3) is 0 Å². The third kappa shape index (κ3) is 5.33. The van der Waals surface area contributed by atoms with E-state index in [0.29, 0.717) is 0 Å². The molecule has 0 N–H and O–H groups in total. The zero-order valence-corrected chi connectivity index (χ0v) is 16.3. The third-order valence-electron chi connectivity index (χ3n) is 3.37. The number of hydrogen-bond donors (Lipinski definition) is 0. The minimum Gasteiger partial charge on any atom is -0.574 e. The molecule has 4 heterocycles. The molecule has 0 spiro atoms. The zero-order valence-electron chi connectivity index (χ0n) is 14.0. The van der Waals surface area contributed by atoms with Gasteiger partial charge in [-0.05, 0) is 38.5 Å². The Bertz CT molecular complexity index is 847. The molecular weight excluding hydrogens is 495 g/mol. The first-order chi connectivity index (χ1) is 11.7. The van der Waals surface area contributed by atoms with Crippen LogP contribution < -0.4 is 10.2 Å². The third-order valence-corrected chi connectivity index (χ3v) is 3.37. The number of pyridine rings is 1. The SMILES string of the molecule is Cc1cc(-c2ccccn2)[n-]n1.Cc1cc(C2=NCCC=C2)[n-]n1.[Pt+2]. The Balaban J connectivity index is 0.000000173. The maximum Gasteiger partial charge on any atom is 2.00 e. The first-order valence-corrected chi connectivity index (χ1v) is 7.79. The second-order valence-electron chi connectivity index (χ2n) is 5.41. The van der Waals surface area contributed by atoms with E-state index < -0.39 is 0 Å². The molecule has 0 bridgehead atoms. The van der Waals surface area contributed by atoms with Crippen LogP contribution in [0.25, 0.3) is 11.4 Å². The molecule has 3 aromatic heterocycles. The Morgan fingerprint density at radius 1 is 0.960 bits per heavy atom. The van der Waals surface area contributed by atoms with E-state index in [9.17, 15) is 0 Å². The van der Waals surface area contributed by atoms with Crippen molar-refractivity contribution in [2.45, 2.75) is 20.3 Å². The normalized spacial score (nSPS) is 12.6. The summed E-state index contributed by atoms with van der Waals surface area (Å²) in [6, 6.07) is 9.61. The van der Waals surface area contributed by atoms with E-state index in [2.05, 4.69) is 36.4 Å². The van der Waals surface area contributed by atoms with Crippen LogP contribution in [-0.4, -0.2) is 27.4 Å². The van der Waals surface area contributed by atoms with E-state index in [1.165, 1.54) is 0 Å². The Hall–Kier alpha value is -2.33. The van der Waals surface area contributed by atoms with E-state index in [4.69, 9.17) is 0 Å². The Morgan fingerprint density at radius 2 is 1.68 bits per heavy atom. The van der Waals surface area contributed by atoms with Gasteiger partial charge in [-0.15, -0.1) is 0 Å². The van der Waals surface area contributed by atoms with Crippen LogP contribution in [0.5, 0.6) is 0 Å². The van der Waals surface area contributed by atoms with Crippen molar-refractivity contribution in [3.8, 4) is 11.4 Å². The summed E-state index contributed by atoms with van der Waals surface area (Å²) in [5.41, 5.74) is 5.44. The second-order valence-corrected chi connectivity index (χ2v) is 5.41. The average Bonchev–Trinajstić information content (AvgIpc) is 3.26. The number of rotatable bonds is 2. The zero-order chi connectivity index (χ0) is 16.8. The Kier molecular flexibility index (Phi) is 7.01. The number of aliphatic imine (C=N–C) groups is 1. The molecule has 0 aromatic carbocycles. The standard InChI is InChI=1S/C9H10N3.C9H8N3.Pt/c2*1-7-6-9(12-11-7)8-4-2-3-5-10-8;/h2,4,6H,3,5H2,1H3;2-6H,1H3;/q2*-1;+2. The fourth-order valence-electron chi connectivity index (χ4n) is 2.21. The van der Waals surface area contributed by atoms with E-state index in [1.54, 1.807) is 6.20 Å². The molecule has 0 radical (unpaired) electrons. The Labute approximate surface area is 161 Å². The van der Waals surface area contributed by atoms with Gasteiger partial charge in [0.15, 0.2) is 0 Å². The molecule has 1 aliphatic rings. The van der Waals surface area contributed by atoms with Crippen LogP contribution in [-0.2, 0) is 21.1 Å². The molecule has 0 aliphatic carbocycles. The first kappa shape index (κ1) is 19.0. The fourth-order valence-corrected chi connectivity index (χ4v) is 2.21. The van der Waals surface area contributed by atoms with Gasteiger partial charge in [-0.2, -0.15) is 0 Å². The van der Waals surface area contributed by atoms with Crippen molar-refractivity contribution in [2.24, 2.45) is 4.99 Å². The maximum atomic E-state index is 4.34. The summed E-state index contributed by atoms with van der Waals surface area (Å²) in [6.45, 7) is 4.72. The Morgan fingerprint density at radius 3 is 2.20 bits per heavy atom. The molecule has 0 fully saturated rings. The minimum absolute atomic E-state index is 0. The molecule has 0 amide bonds. The van der Waals surface area contributed by atoms with Crippen LogP contribution in [0.15, 0.2) is 53.7 Å². The van der Waals surface area contributed by atoms with Gasteiger partial charge in [-0.3, -0.25) is 9.98 Å². The molecule has 6 nitrogen and oxygen atoms in total. The van der Waals surface area contributed by atoms with Gasteiger partial charge >= 0.3 is 21.1 Å². The summed E-state index contributed by atoms with van der Waals surface area (Å²) in [7, 11) is 0. The average molecular weight is 513 g/mol. The monoisotopic (exact) mass is 513 g/mol. The number of aromatic nitrogens is 5. The van der Waals surface area contributed by atoms with Crippen LogP contribution in [0.4, 0.5) is 0 Å². The fraction of sp³-hybridized carbons (Fsp3) is 0.222. The maximum absolute atomic E-state index is 4.34. The molecule has 0 saturated heterocycles. The molecule has 130 valence electrons. The number of hydrogen-bond acceptors (Lipinski definition) is 4. The summed E-state index contributed by atoms with van der Waals surface area (Å²) < 4.78 is 0. The van der Waals surface area contributed by atoms with Crippen LogP contribution in [0.1, 0.15) is 23.5 Å². The molecule has 3 aromatic rings. The smallest absolute Gasteiger partial charge is 0.574 e. The summed E-state index contributed by atoms with van der Waals surface area (Å²) in [5.74, 6) is 0. The van der Waals surface area contributed by atoms with Crippen molar-refractivity contribution in [3.05, 3.63) is 65.8 Å². The predicted octanol–water partition coefficient (Wildman–Crippen LogP) is 2.50. The van der Waals surface area contributed by atoms with Crippen molar-refractivity contribution >= 4 is 5.71 Å². The van der Waals surface area contributed by atoms with Crippen molar-refractivity contribution in [2.75, 3.05) is 6.54 Å². The summed E-state index contributed by atoms with van der Waals surface area (Å²) >= 11 is 0. The van der Waals surface area contributed by atoms with E-state index >= 15 is 0 Å². The molecule has 25 heavy (non-hydrogen) atoms. The number of dihydropyridines is 1. The van der Waals surface area contributed by atoms with E-state index in [1.807, 2.05) is 50.3 Å². The van der Waals surface area contributed by atoms with Gasteiger partial charge in [-0.25, -0.2) is 0 Å². The molecule has 4 rings (SSSR count). The van der Waals surface area contributed by atoms with E-state index in [0.717, 1.165) is 47.1 Å². The second kappa shape index (κ2) is 9.23. The largest absolute Gasteiger partial charge is 2.00 e. The van der Waals surface area contributed by atoms with Crippen molar-refractivity contribution < 1.29 is 21.1 Å².